The average Bonchev–Trinajstić information content (AvgIpc) is 2.17. The van der Waals surface area contributed by atoms with E-state index in [4.69, 9.17) is 16.7 Å². The van der Waals surface area contributed by atoms with Gasteiger partial charge < -0.3 is 5.11 Å². The molecule has 4 nitrogen and oxygen atoms in total. The molecule has 0 spiro atoms. The normalized spacial score (nSPS) is 10.4. The smallest absolute Gasteiger partial charge is 0.354 e. The maximum atomic E-state index is 10.7. The highest BCUT2D eigenvalue weighted by Gasteiger charge is 2.09. The second kappa shape index (κ2) is 3.23. The summed E-state index contributed by atoms with van der Waals surface area (Å²) in [5, 5.41) is 9.51. The van der Waals surface area contributed by atoms with Gasteiger partial charge in [-0.15, -0.1) is 0 Å². The third-order valence-corrected chi connectivity index (χ3v) is 2.03. The predicted octanol–water partition coefficient (Wildman–Crippen LogP) is 1.98. The monoisotopic (exact) mass is 208 g/mol. The quantitative estimate of drug-likeness (QED) is 0.728. The molecule has 70 valence electrons. The lowest BCUT2D eigenvalue weighted by atomic mass is 10.2. The van der Waals surface area contributed by atoms with Crippen molar-refractivity contribution in [1.82, 2.24) is 9.97 Å². The maximum absolute atomic E-state index is 10.7. The Bertz CT molecular complexity index is 513. The Kier molecular flexibility index (Phi) is 2.05. The van der Waals surface area contributed by atoms with Crippen LogP contribution >= 0.6 is 11.6 Å². The van der Waals surface area contributed by atoms with Crippen molar-refractivity contribution in [1.29, 1.82) is 0 Å². The lowest BCUT2D eigenvalue weighted by Gasteiger charge is -1.99. The number of fused-ring (bicyclic) bond motifs is 1. The lowest BCUT2D eigenvalue weighted by molar-refractivity contribution is 0.0690. The van der Waals surface area contributed by atoms with Crippen molar-refractivity contribution < 1.29 is 9.90 Å². The van der Waals surface area contributed by atoms with Crippen LogP contribution < -0.4 is 0 Å². The maximum Gasteiger partial charge on any atom is 0.354 e. The van der Waals surface area contributed by atoms with Gasteiger partial charge in [-0.3, -0.25) is 4.98 Å². The number of carboxylic acid groups (broad SMARTS) is 1. The summed E-state index contributed by atoms with van der Waals surface area (Å²) in [6, 6.07) is 4.89. The molecule has 0 aliphatic carbocycles. The molecule has 1 N–H and O–H groups in total. The molecular formula is C9H5ClN2O2. The van der Waals surface area contributed by atoms with Crippen LogP contribution in [-0.4, -0.2) is 21.0 Å². The van der Waals surface area contributed by atoms with Crippen LogP contribution in [0.4, 0.5) is 0 Å². The standard InChI is InChI=1S/C9H5ClN2O2/c10-8-7-5(2-1-3-11-7)4-6(12-8)9(13)14/h1-4H,(H,13,14). The summed E-state index contributed by atoms with van der Waals surface area (Å²) in [6.07, 6.45) is 1.58. The Balaban J connectivity index is 2.78. The van der Waals surface area contributed by atoms with Crippen LogP contribution in [0.1, 0.15) is 10.5 Å². The van der Waals surface area contributed by atoms with Crippen molar-refractivity contribution >= 4 is 28.5 Å². The highest BCUT2D eigenvalue weighted by atomic mass is 35.5. The molecule has 0 saturated heterocycles. The Hall–Kier alpha value is -1.68. The van der Waals surface area contributed by atoms with Gasteiger partial charge >= 0.3 is 5.97 Å². The van der Waals surface area contributed by atoms with E-state index in [1.807, 2.05) is 0 Å². The third-order valence-electron chi connectivity index (χ3n) is 1.76. The number of carbonyl (C=O) groups is 1. The first-order valence-electron chi connectivity index (χ1n) is 3.83. The van der Waals surface area contributed by atoms with Gasteiger partial charge in [-0.25, -0.2) is 9.78 Å². The van der Waals surface area contributed by atoms with Crippen LogP contribution in [0, 0.1) is 0 Å². The Morgan fingerprint density at radius 1 is 1.50 bits per heavy atom. The molecule has 2 aromatic heterocycles. The van der Waals surface area contributed by atoms with Gasteiger partial charge in [-0.05, 0) is 12.1 Å². The van der Waals surface area contributed by atoms with E-state index in [2.05, 4.69) is 9.97 Å². The van der Waals surface area contributed by atoms with Gasteiger partial charge in [-0.1, -0.05) is 17.7 Å². The van der Waals surface area contributed by atoms with Crippen LogP contribution in [0.5, 0.6) is 0 Å². The first-order chi connectivity index (χ1) is 6.68. The number of carboxylic acids is 1. The summed E-state index contributed by atoms with van der Waals surface area (Å²) in [4.78, 5) is 18.4. The molecule has 0 radical (unpaired) electrons. The molecule has 14 heavy (non-hydrogen) atoms. The fourth-order valence-electron chi connectivity index (χ4n) is 1.15. The molecule has 0 bridgehead atoms. The van der Waals surface area contributed by atoms with E-state index in [1.165, 1.54) is 6.07 Å². The molecule has 0 unspecified atom stereocenters. The Morgan fingerprint density at radius 2 is 2.29 bits per heavy atom. The van der Waals surface area contributed by atoms with E-state index in [-0.39, 0.29) is 10.8 Å². The first kappa shape index (κ1) is 8.90. The second-order valence-corrected chi connectivity index (χ2v) is 3.04. The second-order valence-electron chi connectivity index (χ2n) is 2.68. The van der Waals surface area contributed by atoms with E-state index in [1.54, 1.807) is 18.3 Å². The molecule has 0 fully saturated rings. The summed E-state index contributed by atoms with van der Waals surface area (Å²) in [5.41, 5.74) is 0.440. The molecule has 0 aromatic carbocycles. The fraction of sp³-hybridized carbons (Fsp3) is 0. The summed E-state index contributed by atoms with van der Waals surface area (Å²) < 4.78 is 0. The van der Waals surface area contributed by atoms with Gasteiger partial charge in [0.1, 0.15) is 5.52 Å². The minimum atomic E-state index is -1.10. The van der Waals surface area contributed by atoms with Crippen LogP contribution in [0.2, 0.25) is 5.15 Å². The molecular weight excluding hydrogens is 204 g/mol. The van der Waals surface area contributed by atoms with Gasteiger partial charge in [0.2, 0.25) is 0 Å². The number of nitrogens with zero attached hydrogens (tertiary/aromatic N) is 2. The van der Waals surface area contributed by atoms with Crippen molar-refractivity contribution in [3.63, 3.8) is 0 Å². The summed E-state index contributed by atoms with van der Waals surface area (Å²) >= 11 is 5.77. The summed E-state index contributed by atoms with van der Waals surface area (Å²) in [6.45, 7) is 0. The number of aromatic carboxylic acids is 1. The number of rotatable bonds is 1. The molecule has 0 aliphatic heterocycles. The minimum Gasteiger partial charge on any atom is -0.477 e. The van der Waals surface area contributed by atoms with Gasteiger partial charge in [-0.2, -0.15) is 0 Å². The predicted molar refractivity (Wildman–Crippen MR) is 51.5 cm³/mol. The van der Waals surface area contributed by atoms with E-state index >= 15 is 0 Å². The summed E-state index contributed by atoms with van der Waals surface area (Å²) in [5.74, 6) is -1.10. The van der Waals surface area contributed by atoms with Crippen molar-refractivity contribution in [2.24, 2.45) is 0 Å². The third kappa shape index (κ3) is 1.40. The van der Waals surface area contributed by atoms with Crippen LogP contribution in [-0.2, 0) is 0 Å². The number of hydrogen-bond donors (Lipinski definition) is 1. The topological polar surface area (TPSA) is 63.1 Å². The minimum absolute atomic E-state index is 0.0736. The number of halogens is 1. The zero-order valence-electron chi connectivity index (χ0n) is 6.94. The van der Waals surface area contributed by atoms with Gasteiger partial charge in [0, 0.05) is 11.6 Å². The molecule has 5 heteroatoms. The van der Waals surface area contributed by atoms with E-state index in [0.717, 1.165) is 0 Å². The molecule has 0 amide bonds. The zero-order chi connectivity index (χ0) is 10.1. The van der Waals surface area contributed by atoms with Crippen LogP contribution in [0.25, 0.3) is 10.9 Å². The highest BCUT2D eigenvalue weighted by Crippen LogP contribution is 2.19. The van der Waals surface area contributed by atoms with Crippen molar-refractivity contribution in [3.8, 4) is 0 Å². The van der Waals surface area contributed by atoms with E-state index in [9.17, 15) is 4.79 Å². The molecule has 2 heterocycles. The largest absolute Gasteiger partial charge is 0.477 e. The lowest BCUT2D eigenvalue weighted by Crippen LogP contribution is -2.00. The first-order valence-corrected chi connectivity index (χ1v) is 4.21. The van der Waals surface area contributed by atoms with Crippen molar-refractivity contribution in [2.75, 3.05) is 0 Å². The molecule has 0 aliphatic rings. The van der Waals surface area contributed by atoms with Gasteiger partial charge in [0.05, 0.1) is 0 Å². The SMILES string of the molecule is O=C(O)c1cc2cccnc2c(Cl)n1. The summed E-state index contributed by atoms with van der Waals surface area (Å²) in [7, 11) is 0. The van der Waals surface area contributed by atoms with Crippen LogP contribution in [0.15, 0.2) is 24.4 Å². The number of hydrogen-bond acceptors (Lipinski definition) is 3. The van der Waals surface area contributed by atoms with Crippen molar-refractivity contribution in [2.45, 2.75) is 0 Å². The molecule has 0 saturated carbocycles. The Labute approximate surface area is 84.2 Å². The zero-order valence-corrected chi connectivity index (χ0v) is 7.69. The molecule has 2 rings (SSSR count). The van der Waals surface area contributed by atoms with E-state index < -0.39 is 5.97 Å². The number of pyridine rings is 2. The molecule has 2 aromatic rings. The van der Waals surface area contributed by atoms with Crippen LogP contribution in [0.3, 0.4) is 0 Å². The Morgan fingerprint density at radius 3 is 3.00 bits per heavy atom. The van der Waals surface area contributed by atoms with E-state index in [0.29, 0.717) is 10.9 Å². The molecule has 0 atom stereocenters. The number of aromatic nitrogens is 2. The highest BCUT2D eigenvalue weighted by molar-refractivity contribution is 6.34. The fourth-order valence-corrected chi connectivity index (χ4v) is 1.40. The van der Waals surface area contributed by atoms with Gasteiger partial charge in [0.15, 0.2) is 10.8 Å². The van der Waals surface area contributed by atoms with Crippen molar-refractivity contribution in [3.05, 3.63) is 35.2 Å². The average molecular weight is 209 g/mol. The van der Waals surface area contributed by atoms with Gasteiger partial charge in [0.25, 0.3) is 0 Å².